The van der Waals surface area contributed by atoms with Gasteiger partial charge in [0.1, 0.15) is 16.9 Å². The van der Waals surface area contributed by atoms with Crippen molar-refractivity contribution in [1.29, 1.82) is 5.26 Å². The number of nitriles is 1. The highest BCUT2D eigenvalue weighted by molar-refractivity contribution is 8.00. The van der Waals surface area contributed by atoms with E-state index in [9.17, 15) is 18.5 Å². The van der Waals surface area contributed by atoms with Crippen molar-refractivity contribution in [2.75, 3.05) is 10.0 Å². The molecule has 2 heterocycles. The van der Waals surface area contributed by atoms with Gasteiger partial charge in [0.15, 0.2) is 5.82 Å². The SMILES string of the molecule is CCC(Sc1nc(CC(C)C)ccc1C#N)C(=O)Nc1ccc(S(=O)(=O)Nc2cc(C)on2)cc1. The first-order chi connectivity index (χ1) is 16.6. The lowest BCUT2D eigenvalue weighted by atomic mass is 10.1. The Morgan fingerprint density at radius 2 is 1.91 bits per heavy atom. The summed E-state index contributed by atoms with van der Waals surface area (Å²) in [6, 6.07) is 13.0. The van der Waals surface area contributed by atoms with Crippen LogP contribution in [0, 0.1) is 24.2 Å². The molecule has 0 fully saturated rings. The van der Waals surface area contributed by atoms with Crippen LogP contribution in [-0.2, 0) is 21.2 Å². The number of carbonyl (C=O) groups excluding carboxylic acids is 1. The fourth-order valence-electron chi connectivity index (χ4n) is 3.19. The number of anilines is 2. The lowest BCUT2D eigenvalue weighted by molar-refractivity contribution is -0.115. The predicted octanol–water partition coefficient (Wildman–Crippen LogP) is 4.76. The van der Waals surface area contributed by atoms with E-state index in [4.69, 9.17) is 4.52 Å². The standard InChI is InChI=1S/C24H27N5O4S2/c1-5-21(34-24-17(14-25)6-7-19(27-24)12-15(2)3)23(30)26-18-8-10-20(11-9-18)35(31,32)29-22-13-16(4)33-28-22/h6-11,13,15,21H,5,12H2,1-4H3,(H,26,30)(H,28,29). The smallest absolute Gasteiger partial charge is 0.263 e. The third kappa shape index (κ3) is 7.07. The normalized spacial score (nSPS) is 12.2. The van der Waals surface area contributed by atoms with Gasteiger partial charge in [-0.2, -0.15) is 5.26 Å². The number of nitrogens with one attached hydrogen (secondary N) is 2. The monoisotopic (exact) mass is 513 g/mol. The second-order valence-corrected chi connectivity index (χ2v) is 11.2. The van der Waals surface area contributed by atoms with Crippen LogP contribution in [0.3, 0.4) is 0 Å². The molecule has 0 aliphatic rings. The second-order valence-electron chi connectivity index (χ2n) is 8.32. The molecule has 1 atom stereocenters. The molecule has 0 spiro atoms. The molecular formula is C24H27N5O4S2. The molecule has 9 nitrogen and oxygen atoms in total. The Kier molecular flexibility index (Phi) is 8.53. The van der Waals surface area contributed by atoms with E-state index in [1.165, 1.54) is 42.1 Å². The highest BCUT2D eigenvalue weighted by Gasteiger charge is 2.22. The third-order valence-electron chi connectivity index (χ3n) is 4.87. The fourth-order valence-corrected chi connectivity index (χ4v) is 5.19. The van der Waals surface area contributed by atoms with Gasteiger partial charge in [-0.15, -0.1) is 0 Å². The molecule has 0 bridgehead atoms. The van der Waals surface area contributed by atoms with Crippen LogP contribution in [0.5, 0.6) is 0 Å². The first kappa shape index (κ1) is 26.2. The molecule has 3 rings (SSSR count). The molecule has 35 heavy (non-hydrogen) atoms. The molecule has 11 heteroatoms. The number of benzene rings is 1. The lowest BCUT2D eigenvalue weighted by Crippen LogP contribution is -2.25. The Labute approximate surface area is 209 Å². The fraction of sp³-hybridized carbons (Fsp3) is 0.333. The number of sulfonamides is 1. The zero-order valence-corrected chi connectivity index (χ0v) is 21.5. The summed E-state index contributed by atoms with van der Waals surface area (Å²) in [4.78, 5) is 17.6. The minimum atomic E-state index is -3.86. The molecule has 2 N–H and O–H groups in total. The van der Waals surface area contributed by atoms with E-state index in [2.05, 4.69) is 40.1 Å². The predicted molar refractivity (Wildman–Crippen MR) is 135 cm³/mol. The average Bonchev–Trinajstić information content (AvgIpc) is 3.21. The third-order valence-corrected chi connectivity index (χ3v) is 7.61. The van der Waals surface area contributed by atoms with Crippen molar-refractivity contribution in [2.24, 2.45) is 5.92 Å². The highest BCUT2D eigenvalue weighted by atomic mass is 32.2. The zero-order valence-electron chi connectivity index (χ0n) is 19.9. The first-order valence-corrected chi connectivity index (χ1v) is 13.4. The highest BCUT2D eigenvalue weighted by Crippen LogP contribution is 2.29. The number of amides is 1. The Hall–Kier alpha value is -3.36. The number of aryl methyl sites for hydroxylation is 1. The number of rotatable bonds is 10. The van der Waals surface area contributed by atoms with Gasteiger partial charge in [-0.25, -0.2) is 13.4 Å². The molecule has 3 aromatic rings. The number of pyridine rings is 1. The van der Waals surface area contributed by atoms with Crippen molar-refractivity contribution in [3.63, 3.8) is 0 Å². The average molecular weight is 514 g/mol. The summed E-state index contributed by atoms with van der Waals surface area (Å²) in [5.41, 5.74) is 1.76. The van der Waals surface area contributed by atoms with Crippen LogP contribution >= 0.6 is 11.8 Å². The minimum absolute atomic E-state index is 0.0161. The first-order valence-electron chi connectivity index (χ1n) is 11.0. The van der Waals surface area contributed by atoms with Gasteiger partial charge in [-0.1, -0.05) is 37.7 Å². The Bertz CT molecular complexity index is 1330. The van der Waals surface area contributed by atoms with Crippen molar-refractivity contribution >= 4 is 39.2 Å². The maximum Gasteiger partial charge on any atom is 0.263 e. The van der Waals surface area contributed by atoms with E-state index >= 15 is 0 Å². The lowest BCUT2D eigenvalue weighted by Gasteiger charge is -2.16. The van der Waals surface area contributed by atoms with Gasteiger partial charge in [0.25, 0.3) is 10.0 Å². The van der Waals surface area contributed by atoms with Crippen LogP contribution in [0.2, 0.25) is 0 Å². The summed E-state index contributed by atoms with van der Waals surface area (Å²) in [5.74, 6) is 0.725. The molecule has 0 aliphatic carbocycles. The summed E-state index contributed by atoms with van der Waals surface area (Å²) in [5, 5.41) is 16.0. The van der Waals surface area contributed by atoms with Crippen LogP contribution in [0.1, 0.15) is 44.2 Å². The van der Waals surface area contributed by atoms with Crippen molar-refractivity contribution < 1.29 is 17.7 Å². The molecule has 184 valence electrons. The molecule has 1 amide bonds. The van der Waals surface area contributed by atoms with Crippen LogP contribution in [0.15, 0.2) is 56.9 Å². The largest absolute Gasteiger partial charge is 0.360 e. The topological polar surface area (TPSA) is 138 Å². The molecule has 2 aromatic heterocycles. The summed E-state index contributed by atoms with van der Waals surface area (Å²) >= 11 is 1.25. The summed E-state index contributed by atoms with van der Waals surface area (Å²) in [6.07, 6.45) is 1.30. The quantitative estimate of drug-likeness (QED) is 0.370. The Morgan fingerprint density at radius 3 is 2.49 bits per heavy atom. The molecule has 0 saturated carbocycles. The number of carbonyl (C=O) groups is 1. The van der Waals surface area contributed by atoms with Crippen LogP contribution in [-0.4, -0.2) is 29.7 Å². The van der Waals surface area contributed by atoms with Crippen molar-refractivity contribution in [3.05, 3.63) is 59.5 Å². The van der Waals surface area contributed by atoms with Crippen molar-refractivity contribution in [2.45, 2.75) is 55.7 Å². The van der Waals surface area contributed by atoms with Crippen molar-refractivity contribution in [1.82, 2.24) is 10.1 Å². The van der Waals surface area contributed by atoms with E-state index in [0.29, 0.717) is 34.4 Å². The summed E-state index contributed by atoms with van der Waals surface area (Å²) in [6.45, 7) is 7.73. The van der Waals surface area contributed by atoms with Crippen molar-refractivity contribution in [3.8, 4) is 6.07 Å². The number of nitrogens with zero attached hydrogens (tertiary/aromatic N) is 3. The van der Waals surface area contributed by atoms with Crippen LogP contribution in [0.25, 0.3) is 0 Å². The maximum atomic E-state index is 12.9. The minimum Gasteiger partial charge on any atom is -0.360 e. The van der Waals surface area contributed by atoms with Crippen LogP contribution in [0.4, 0.5) is 11.5 Å². The summed E-state index contributed by atoms with van der Waals surface area (Å²) in [7, 11) is -3.86. The number of hydrogen-bond acceptors (Lipinski definition) is 8. The number of thioether (sulfide) groups is 1. The second kappa shape index (κ2) is 11.4. The molecular weight excluding hydrogens is 486 g/mol. The van der Waals surface area contributed by atoms with E-state index in [1.54, 1.807) is 13.0 Å². The summed E-state index contributed by atoms with van der Waals surface area (Å²) < 4.78 is 32.3. The molecule has 0 aliphatic heterocycles. The Morgan fingerprint density at radius 1 is 1.20 bits per heavy atom. The molecule has 0 radical (unpaired) electrons. The van der Waals surface area contributed by atoms with Gasteiger partial charge < -0.3 is 9.84 Å². The molecule has 0 saturated heterocycles. The van der Waals surface area contributed by atoms with Gasteiger partial charge in [-0.05, 0) is 62.1 Å². The van der Waals surface area contributed by atoms with Gasteiger partial charge in [-0.3, -0.25) is 9.52 Å². The maximum absolute atomic E-state index is 12.9. The zero-order chi connectivity index (χ0) is 25.6. The Balaban J connectivity index is 1.70. The number of aromatic nitrogens is 2. The van der Waals surface area contributed by atoms with Crippen LogP contribution < -0.4 is 10.0 Å². The van der Waals surface area contributed by atoms with Gasteiger partial charge >= 0.3 is 0 Å². The van der Waals surface area contributed by atoms with E-state index in [1.807, 2.05) is 13.0 Å². The van der Waals surface area contributed by atoms with E-state index < -0.39 is 15.3 Å². The van der Waals surface area contributed by atoms with E-state index in [0.717, 1.165) is 12.1 Å². The van der Waals surface area contributed by atoms with Gasteiger partial charge in [0, 0.05) is 17.4 Å². The molecule has 1 unspecified atom stereocenters. The molecule has 1 aromatic carbocycles. The van der Waals surface area contributed by atoms with E-state index in [-0.39, 0.29) is 16.6 Å². The van der Waals surface area contributed by atoms with Gasteiger partial charge in [0.05, 0.1) is 15.7 Å². The number of hydrogen-bond donors (Lipinski definition) is 2. The van der Waals surface area contributed by atoms with Gasteiger partial charge in [0.2, 0.25) is 5.91 Å².